The fourth-order valence-electron chi connectivity index (χ4n) is 2.44. The van der Waals surface area contributed by atoms with E-state index in [9.17, 15) is 10.1 Å². The molecule has 0 aromatic heterocycles. The highest BCUT2D eigenvalue weighted by atomic mass is 32.2. The molecule has 0 spiro atoms. The Balaban J connectivity index is 3.35. The SMILES string of the molecule is CCOC(=O)/C(C#N)=C1\CCC[C@H]1C(SC)=C(C#N)C#N. The minimum absolute atomic E-state index is 0.0149. The number of allylic oxidation sites excluding steroid dienone is 3. The third-order valence-corrected chi connectivity index (χ3v) is 4.21. The first kappa shape index (κ1) is 16.8. The van der Waals surface area contributed by atoms with Crippen molar-refractivity contribution in [2.45, 2.75) is 26.2 Å². The van der Waals surface area contributed by atoms with Gasteiger partial charge in [0.15, 0.2) is 0 Å². The van der Waals surface area contributed by atoms with E-state index in [2.05, 4.69) is 0 Å². The highest BCUT2D eigenvalue weighted by molar-refractivity contribution is 8.02. The van der Waals surface area contributed by atoms with Crippen molar-refractivity contribution in [1.29, 1.82) is 15.8 Å². The van der Waals surface area contributed by atoms with Crippen LogP contribution in [0.1, 0.15) is 26.2 Å². The molecule has 0 unspecified atom stereocenters. The predicted molar refractivity (Wildman–Crippen MR) is 78.4 cm³/mol. The van der Waals surface area contributed by atoms with Crippen LogP contribution >= 0.6 is 11.8 Å². The van der Waals surface area contributed by atoms with Crippen LogP contribution in [0.25, 0.3) is 0 Å². The molecule has 0 bridgehead atoms. The average molecular weight is 301 g/mol. The van der Waals surface area contributed by atoms with Gasteiger partial charge in [-0.3, -0.25) is 0 Å². The molecule has 1 aliphatic rings. The van der Waals surface area contributed by atoms with Crippen molar-refractivity contribution in [2.75, 3.05) is 12.9 Å². The largest absolute Gasteiger partial charge is 0.462 e. The van der Waals surface area contributed by atoms with Crippen LogP contribution in [0, 0.1) is 39.9 Å². The van der Waals surface area contributed by atoms with E-state index in [-0.39, 0.29) is 23.7 Å². The van der Waals surface area contributed by atoms with Gasteiger partial charge in [0, 0.05) is 10.8 Å². The highest BCUT2D eigenvalue weighted by Gasteiger charge is 2.31. The van der Waals surface area contributed by atoms with E-state index in [0.29, 0.717) is 16.9 Å². The summed E-state index contributed by atoms with van der Waals surface area (Å²) in [5.41, 5.74) is 0.748. The molecule has 0 radical (unpaired) electrons. The molecule has 21 heavy (non-hydrogen) atoms. The molecule has 0 aromatic carbocycles. The molecule has 5 nitrogen and oxygen atoms in total. The molecule has 0 saturated heterocycles. The molecule has 1 aliphatic carbocycles. The zero-order valence-electron chi connectivity index (χ0n) is 12.0. The Morgan fingerprint density at radius 1 is 1.33 bits per heavy atom. The smallest absolute Gasteiger partial charge is 0.348 e. The third kappa shape index (κ3) is 3.66. The minimum Gasteiger partial charge on any atom is -0.462 e. The molecular weight excluding hydrogens is 286 g/mol. The van der Waals surface area contributed by atoms with Crippen LogP contribution in [0.3, 0.4) is 0 Å². The summed E-state index contributed by atoms with van der Waals surface area (Å²) in [6.07, 6.45) is 3.94. The summed E-state index contributed by atoms with van der Waals surface area (Å²) in [5, 5.41) is 27.3. The minimum atomic E-state index is -0.627. The van der Waals surface area contributed by atoms with Crippen LogP contribution in [0.5, 0.6) is 0 Å². The molecule has 108 valence electrons. The van der Waals surface area contributed by atoms with E-state index < -0.39 is 5.97 Å². The molecule has 0 N–H and O–H groups in total. The molecule has 1 fully saturated rings. The van der Waals surface area contributed by atoms with Crippen LogP contribution in [0.4, 0.5) is 0 Å². The van der Waals surface area contributed by atoms with Crippen molar-refractivity contribution in [3.8, 4) is 18.2 Å². The van der Waals surface area contributed by atoms with Gasteiger partial charge in [0.25, 0.3) is 0 Å². The Morgan fingerprint density at radius 2 is 2.00 bits per heavy atom. The molecule has 0 amide bonds. The molecular formula is C15H15N3O2S. The second-order valence-electron chi connectivity index (χ2n) is 4.34. The van der Waals surface area contributed by atoms with E-state index in [1.165, 1.54) is 11.8 Å². The third-order valence-electron chi connectivity index (χ3n) is 3.28. The number of esters is 1. The summed E-state index contributed by atoms with van der Waals surface area (Å²) in [4.78, 5) is 12.5. The van der Waals surface area contributed by atoms with Gasteiger partial charge in [-0.05, 0) is 38.0 Å². The average Bonchev–Trinajstić information content (AvgIpc) is 2.94. The lowest BCUT2D eigenvalue weighted by atomic mass is 9.95. The van der Waals surface area contributed by atoms with Crippen molar-refractivity contribution in [1.82, 2.24) is 0 Å². The summed E-state index contributed by atoms with van der Waals surface area (Å²) >= 11 is 1.32. The van der Waals surface area contributed by atoms with Gasteiger partial charge in [0.05, 0.1) is 6.61 Å². The Bertz CT molecular complexity index is 598. The Hall–Kier alpha value is -2.23. The van der Waals surface area contributed by atoms with Crippen molar-refractivity contribution in [2.24, 2.45) is 5.92 Å². The molecule has 0 aliphatic heterocycles. The topological polar surface area (TPSA) is 97.7 Å². The number of hydrogen-bond acceptors (Lipinski definition) is 6. The number of thioether (sulfide) groups is 1. The summed E-state index contributed by atoms with van der Waals surface area (Å²) in [7, 11) is 0. The lowest BCUT2D eigenvalue weighted by Crippen LogP contribution is -2.12. The van der Waals surface area contributed by atoms with Gasteiger partial charge in [-0.25, -0.2) is 4.79 Å². The monoisotopic (exact) mass is 301 g/mol. The van der Waals surface area contributed by atoms with Crippen LogP contribution in [-0.4, -0.2) is 18.8 Å². The van der Waals surface area contributed by atoms with Crippen molar-refractivity contribution in [3.05, 3.63) is 21.6 Å². The van der Waals surface area contributed by atoms with E-state index in [1.54, 1.807) is 13.2 Å². The molecule has 1 atom stereocenters. The zero-order chi connectivity index (χ0) is 15.8. The highest BCUT2D eigenvalue weighted by Crippen LogP contribution is 2.43. The number of hydrogen-bond donors (Lipinski definition) is 0. The van der Waals surface area contributed by atoms with Crippen LogP contribution in [-0.2, 0) is 9.53 Å². The Kier molecular flexibility index (Phi) is 6.53. The number of nitriles is 3. The first-order valence-corrected chi connectivity index (χ1v) is 7.75. The fraction of sp³-hybridized carbons (Fsp3) is 0.467. The molecule has 6 heteroatoms. The Morgan fingerprint density at radius 3 is 2.48 bits per heavy atom. The molecule has 0 heterocycles. The van der Waals surface area contributed by atoms with Crippen molar-refractivity contribution < 1.29 is 9.53 Å². The van der Waals surface area contributed by atoms with E-state index in [0.717, 1.165) is 12.8 Å². The lowest BCUT2D eigenvalue weighted by molar-refractivity contribution is -0.138. The van der Waals surface area contributed by atoms with Gasteiger partial charge in [-0.2, -0.15) is 15.8 Å². The number of carbonyl (C=O) groups excluding carboxylic acids is 1. The van der Waals surface area contributed by atoms with Gasteiger partial charge >= 0.3 is 5.97 Å². The normalized spacial score (nSPS) is 18.9. The second kappa shape index (κ2) is 8.15. The van der Waals surface area contributed by atoms with Crippen molar-refractivity contribution >= 4 is 17.7 Å². The molecule has 0 aromatic rings. The van der Waals surface area contributed by atoms with Gasteiger partial charge in [-0.1, -0.05) is 0 Å². The Labute approximate surface area is 128 Å². The fourth-order valence-corrected chi connectivity index (χ4v) is 3.28. The van der Waals surface area contributed by atoms with Gasteiger partial charge < -0.3 is 4.74 Å². The summed E-state index contributed by atoms with van der Waals surface area (Å²) in [6, 6.07) is 5.69. The summed E-state index contributed by atoms with van der Waals surface area (Å²) in [6.45, 7) is 1.88. The van der Waals surface area contributed by atoms with Crippen LogP contribution in [0.2, 0.25) is 0 Å². The van der Waals surface area contributed by atoms with Gasteiger partial charge in [0.1, 0.15) is 29.4 Å². The predicted octanol–water partition coefficient (Wildman–Crippen LogP) is 2.83. The van der Waals surface area contributed by atoms with Crippen LogP contribution in [0.15, 0.2) is 21.6 Å². The summed E-state index contributed by atoms with van der Waals surface area (Å²) < 4.78 is 4.91. The number of ether oxygens (including phenoxy) is 1. The number of rotatable bonds is 4. The maximum Gasteiger partial charge on any atom is 0.348 e. The lowest BCUT2D eigenvalue weighted by Gasteiger charge is -2.16. The first-order chi connectivity index (χ1) is 10.1. The van der Waals surface area contributed by atoms with Gasteiger partial charge in [0.2, 0.25) is 0 Å². The second-order valence-corrected chi connectivity index (χ2v) is 5.19. The number of carbonyl (C=O) groups is 1. The van der Waals surface area contributed by atoms with E-state index in [4.69, 9.17) is 15.3 Å². The van der Waals surface area contributed by atoms with Crippen LogP contribution < -0.4 is 0 Å². The standard InChI is InChI=1S/C15H15N3O2S/c1-3-20-15(19)13(9-18)11-5-4-6-12(11)14(21-2)10(7-16)8-17/h12H,3-6H2,1-2H3/b13-11+/t12-/m1/s1. The summed E-state index contributed by atoms with van der Waals surface area (Å²) in [5.74, 6) is -0.842. The molecule has 1 saturated carbocycles. The van der Waals surface area contributed by atoms with E-state index in [1.807, 2.05) is 18.2 Å². The maximum absolute atomic E-state index is 11.9. The maximum atomic E-state index is 11.9. The number of nitrogens with zero attached hydrogens (tertiary/aromatic N) is 3. The first-order valence-electron chi connectivity index (χ1n) is 6.53. The van der Waals surface area contributed by atoms with Gasteiger partial charge in [-0.15, -0.1) is 11.8 Å². The quantitative estimate of drug-likeness (QED) is 0.450. The van der Waals surface area contributed by atoms with E-state index >= 15 is 0 Å². The molecule has 1 rings (SSSR count). The van der Waals surface area contributed by atoms with Crippen molar-refractivity contribution in [3.63, 3.8) is 0 Å². The zero-order valence-corrected chi connectivity index (χ0v) is 12.8.